The molecule has 1 aromatic heterocycles. The molecule has 0 unspecified atom stereocenters. The number of rotatable bonds is 7. The first-order valence-corrected chi connectivity index (χ1v) is 7.40. The van der Waals surface area contributed by atoms with E-state index >= 15 is 0 Å². The fourth-order valence-electron chi connectivity index (χ4n) is 1.62. The minimum absolute atomic E-state index is 0.0641. The van der Waals surface area contributed by atoms with Gasteiger partial charge in [-0.1, -0.05) is 6.58 Å². The summed E-state index contributed by atoms with van der Waals surface area (Å²) in [6, 6.07) is 1.55. The van der Waals surface area contributed by atoms with Gasteiger partial charge in [-0.05, 0) is 12.1 Å². The van der Waals surface area contributed by atoms with Crippen molar-refractivity contribution in [1.82, 2.24) is 0 Å². The topological polar surface area (TPSA) is 126 Å². The van der Waals surface area contributed by atoms with Gasteiger partial charge in [0.25, 0.3) is 0 Å². The van der Waals surface area contributed by atoms with E-state index in [1.807, 2.05) is 0 Å². The van der Waals surface area contributed by atoms with Crippen molar-refractivity contribution in [2.75, 3.05) is 26.6 Å². The van der Waals surface area contributed by atoms with Crippen molar-refractivity contribution < 1.29 is 23.8 Å². The Kier molecular flexibility index (Phi) is 6.87. The molecule has 1 aromatic rings. The molecular formula is C15H19N3O5S. The van der Waals surface area contributed by atoms with Crippen molar-refractivity contribution in [2.24, 2.45) is 11.5 Å². The number of nitrogens with two attached hydrogens (primary N) is 2. The largest absolute Gasteiger partial charge is 0.483 e. The van der Waals surface area contributed by atoms with Gasteiger partial charge in [-0.25, -0.2) is 4.79 Å². The zero-order valence-electron chi connectivity index (χ0n) is 13.5. The maximum absolute atomic E-state index is 11.9. The Morgan fingerprint density at radius 3 is 2.38 bits per heavy atom. The van der Waals surface area contributed by atoms with Gasteiger partial charge in [0.1, 0.15) is 4.88 Å². The SMILES string of the molecule is C=CC(=O)Nc1cc(C(/C=C(\N)OC)=C(/N)OC)sc1C(=O)OC. The van der Waals surface area contributed by atoms with Crippen LogP contribution in [0.2, 0.25) is 0 Å². The third-order valence-corrected chi connectivity index (χ3v) is 3.97. The van der Waals surface area contributed by atoms with Gasteiger partial charge in [0.15, 0.2) is 11.8 Å². The Balaban J connectivity index is 3.48. The van der Waals surface area contributed by atoms with Gasteiger partial charge in [-0.15, -0.1) is 11.3 Å². The van der Waals surface area contributed by atoms with E-state index < -0.39 is 11.9 Å². The molecule has 0 aromatic carbocycles. The van der Waals surface area contributed by atoms with Crippen molar-refractivity contribution in [3.8, 4) is 0 Å². The number of hydrogen-bond acceptors (Lipinski definition) is 8. The third-order valence-electron chi connectivity index (χ3n) is 2.82. The molecule has 130 valence electrons. The summed E-state index contributed by atoms with van der Waals surface area (Å²) in [6.45, 7) is 3.37. The summed E-state index contributed by atoms with van der Waals surface area (Å²) in [4.78, 5) is 24.2. The highest BCUT2D eigenvalue weighted by Gasteiger charge is 2.21. The number of methoxy groups -OCH3 is 3. The van der Waals surface area contributed by atoms with Crippen molar-refractivity contribution in [2.45, 2.75) is 0 Å². The molecule has 8 nitrogen and oxygen atoms in total. The van der Waals surface area contributed by atoms with Crippen LogP contribution in [0.15, 0.2) is 36.6 Å². The molecule has 5 N–H and O–H groups in total. The maximum atomic E-state index is 11.9. The summed E-state index contributed by atoms with van der Waals surface area (Å²) < 4.78 is 14.7. The normalized spacial score (nSPS) is 12.0. The summed E-state index contributed by atoms with van der Waals surface area (Å²) in [5.41, 5.74) is 12.2. The smallest absolute Gasteiger partial charge is 0.350 e. The highest BCUT2D eigenvalue weighted by Crippen LogP contribution is 2.34. The van der Waals surface area contributed by atoms with E-state index in [2.05, 4.69) is 11.9 Å². The second kappa shape index (κ2) is 8.63. The van der Waals surface area contributed by atoms with Gasteiger partial charge < -0.3 is 31.0 Å². The Labute approximate surface area is 143 Å². The highest BCUT2D eigenvalue weighted by atomic mass is 32.1. The van der Waals surface area contributed by atoms with Crippen LogP contribution in [0.4, 0.5) is 5.69 Å². The van der Waals surface area contributed by atoms with Crippen molar-refractivity contribution in [3.63, 3.8) is 0 Å². The van der Waals surface area contributed by atoms with E-state index in [0.29, 0.717) is 10.5 Å². The summed E-state index contributed by atoms with van der Waals surface area (Å²) >= 11 is 1.05. The molecule has 9 heteroatoms. The third kappa shape index (κ3) is 4.53. The number of amides is 1. The van der Waals surface area contributed by atoms with Gasteiger partial charge in [0, 0.05) is 11.0 Å². The number of ether oxygens (including phenoxy) is 3. The van der Waals surface area contributed by atoms with E-state index in [9.17, 15) is 9.59 Å². The quantitative estimate of drug-likeness (QED) is 0.292. The van der Waals surface area contributed by atoms with E-state index in [1.165, 1.54) is 27.4 Å². The molecule has 0 spiro atoms. The second-order valence-electron chi connectivity index (χ2n) is 4.27. The molecule has 0 saturated carbocycles. The van der Waals surface area contributed by atoms with E-state index in [4.69, 9.17) is 25.7 Å². The molecule has 0 saturated heterocycles. The predicted octanol–water partition coefficient (Wildman–Crippen LogP) is 1.38. The number of allylic oxidation sites excluding steroid dienone is 2. The number of anilines is 1. The number of carbonyl (C=O) groups is 2. The average molecular weight is 353 g/mol. The Morgan fingerprint density at radius 1 is 1.21 bits per heavy atom. The first-order chi connectivity index (χ1) is 11.4. The number of carbonyl (C=O) groups excluding carboxylic acids is 2. The lowest BCUT2D eigenvalue weighted by Gasteiger charge is -2.06. The molecular weight excluding hydrogens is 334 g/mol. The molecule has 0 radical (unpaired) electrons. The minimum atomic E-state index is -0.607. The Hall–Kier alpha value is -2.94. The fraction of sp³-hybridized carbons (Fsp3) is 0.200. The summed E-state index contributed by atoms with van der Waals surface area (Å²) in [5, 5.41) is 2.54. The fourth-order valence-corrected chi connectivity index (χ4v) is 2.67. The standard InChI is InChI=1S/C15H19N3O5S/c1-5-12(19)18-9-7-10(24-13(9)15(20)23-4)8(14(17)22-3)6-11(16)21-2/h5-7H,1,16-17H2,2-4H3,(H,18,19)/b11-6+,14-8-. The molecule has 0 fully saturated rings. The summed E-state index contributed by atoms with van der Waals surface area (Å²) in [6.07, 6.45) is 2.53. The van der Waals surface area contributed by atoms with Crippen LogP contribution >= 0.6 is 11.3 Å². The molecule has 1 heterocycles. The average Bonchev–Trinajstić information content (AvgIpc) is 3.00. The van der Waals surface area contributed by atoms with Crippen molar-refractivity contribution in [3.05, 3.63) is 46.3 Å². The molecule has 0 aliphatic carbocycles. The zero-order valence-corrected chi connectivity index (χ0v) is 14.4. The van der Waals surface area contributed by atoms with Crippen LogP contribution in [0.1, 0.15) is 14.5 Å². The Bertz CT molecular complexity index is 706. The number of esters is 1. The van der Waals surface area contributed by atoms with Crippen molar-refractivity contribution >= 4 is 34.5 Å². The van der Waals surface area contributed by atoms with Gasteiger partial charge in [0.05, 0.1) is 32.6 Å². The lowest BCUT2D eigenvalue weighted by Crippen LogP contribution is -2.10. The first-order valence-electron chi connectivity index (χ1n) is 6.58. The number of nitrogens with one attached hydrogen (secondary N) is 1. The molecule has 24 heavy (non-hydrogen) atoms. The van der Waals surface area contributed by atoms with Gasteiger partial charge in [-0.3, -0.25) is 4.79 Å². The summed E-state index contributed by atoms with van der Waals surface area (Å²) in [5.74, 6) is -0.921. The number of thiophene rings is 1. The van der Waals surface area contributed by atoms with Crippen LogP contribution < -0.4 is 16.8 Å². The maximum Gasteiger partial charge on any atom is 0.350 e. The molecule has 1 rings (SSSR count). The van der Waals surface area contributed by atoms with Crippen LogP contribution in [0.5, 0.6) is 0 Å². The molecule has 0 bridgehead atoms. The summed E-state index contributed by atoms with van der Waals surface area (Å²) in [7, 11) is 4.03. The lowest BCUT2D eigenvalue weighted by atomic mass is 10.2. The second-order valence-corrected chi connectivity index (χ2v) is 5.32. The van der Waals surface area contributed by atoms with Crippen molar-refractivity contribution in [1.29, 1.82) is 0 Å². The molecule has 0 aliphatic rings. The van der Waals surface area contributed by atoms with Crippen LogP contribution in [0.3, 0.4) is 0 Å². The predicted molar refractivity (Wildman–Crippen MR) is 91.9 cm³/mol. The van der Waals surface area contributed by atoms with Crippen LogP contribution in [-0.4, -0.2) is 33.2 Å². The van der Waals surface area contributed by atoms with E-state index in [1.54, 1.807) is 6.07 Å². The number of hydrogen-bond donors (Lipinski definition) is 3. The monoisotopic (exact) mass is 353 g/mol. The van der Waals surface area contributed by atoms with Gasteiger partial charge >= 0.3 is 5.97 Å². The zero-order chi connectivity index (χ0) is 18.3. The van der Waals surface area contributed by atoms with E-state index in [0.717, 1.165) is 17.4 Å². The molecule has 0 aliphatic heterocycles. The lowest BCUT2D eigenvalue weighted by molar-refractivity contribution is -0.111. The minimum Gasteiger partial charge on any atom is -0.483 e. The van der Waals surface area contributed by atoms with Crippen LogP contribution in [0.25, 0.3) is 5.57 Å². The highest BCUT2D eigenvalue weighted by molar-refractivity contribution is 7.15. The Morgan fingerprint density at radius 2 is 1.88 bits per heavy atom. The molecule has 0 atom stereocenters. The van der Waals surface area contributed by atoms with Gasteiger partial charge in [0.2, 0.25) is 5.91 Å². The van der Waals surface area contributed by atoms with Gasteiger partial charge in [-0.2, -0.15) is 0 Å². The van der Waals surface area contributed by atoms with Crippen LogP contribution in [0, 0.1) is 0 Å². The first kappa shape index (κ1) is 19.1. The van der Waals surface area contributed by atoms with E-state index in [-0.39, 0.29) is 22.3 Å². The van der Waals surface area contributed by atoms with Crippen LogP contribution in [-0.2, 0) is 19.0 Å². The molecule has 1 amide bonds.